The van der Waals surface area contributed by atoms with Crippen molar-refractivity contribution in [2.24, 2.45) is 23.7 Å². The fraction of sp³-hybridized carbons (Fsp3) is 0.696. The molecule has 3 aliphatic rings. The summed E-state index contributed by atoms with van der Waals surface area (Å²) in [6.45, 7) is 9.76. The molecule has 28 heavy (non-hydrogen) atoms. The van der Waals surface area contributed by atoms with E-state index in [1.807, 2.05) is 18.7 Å². The summed E-state index contributed by atoms with van der Waals surface area (Å²) in [5.74, 6) is 2.92. The number of benzene rings is 1. The molecule has 1 amide bonds. The Labute approximate surface area is 168 Å². The molecule has 1 aromatic rings. The van der Waals surface area contributed by atoms with Crippen molar-refractivity contribution in [3.8, 4) is 5.75 Å². The number of carbonyl (C=O) groups is 1. The van der Waals surface area contributed by atoms with Crippen molar-refractivity contribution < 1.29 is 14.6 Å². The van der Waals surface area contributed by atoms with E-state index in [1.54, 1.807) is 0 Å². The van der Waals surface area contributed by atoms with Crippen molar-refractivity contribution in [2.75, 3.05) is 39.4 Å². The predicted octanol–water partition coefficient (Wildman–Crippen LogP) is 2.56. The lowest BCUT2D eigenvalue weighted by atomic mass is 9.78. The van der Waals surface area contributed by atoms with Crippen LogP contribution in [0.3, 0.4) is 0 Å². The number of hydrogen-bond donors (Lipinski definition) is 1. The Bertz CT molecular complexity index is 697. The number of amides is 1. The van der Waals surface area contributed by atoms with Gasteiger partial charge in [0, 0.05) is 51.7 Å². The van der Waals surface area contributed by atoms with Crippen LogP contribution in [0.15, 0.2) is 18.2 Å². The minimum absolute atomic E-state index is 0.0847. The molecule has 0 aliphatic carbocycles. The van der Waals surface area contributed by atoms with Gasteiger partial charge >= 0.3 is 0 Å². The zero-order chi connectivity index (χ0) is 19.7. The zero-order valence-corrected chi connectivity index (χ0v) is 17.3. The minimum atomic E-state index is 0.0847. The predicted molar refractivity (Wildman–Crippen MR) is 109 cm³/mol. The van der Waals surface area contributed by atoms with E-state index in [0.29, 0.717) is 17.8 Å². The van der Waals surface area contributed by atoms with Gasteiger partial charge in [-0.1, -0.05) is 26.0 Å². The average molecular weight is 387 g/mol. The number of aliphatic hydroxyl groups excluding tert-OH is 1. The van der Waals surface area contributed by atoms with Crippen LogP contribution in [-0.2, 0) is 17.8 Å². The van der Waals surface area contributed by atoms with Gasteiger partial charge in [0.05, 0.1) is 6.61 Å². The van der Waals surface area contributed by atoms with Gasteiger partial charge < -0.3 is 14.7 Å². The van der Waals surface area contributed by atoms with Crippen molar-refractivity contribution in [1.29, 1.82) is 0 Å². The van der Waals surface area contributed by atoms with Crippen molar-refractivity contribution >= 4 is 5.91 Å². The molecule has 0 aromatic heterocycles. The molecule has 0 radical (unpaired) electrons. The van der Waals surface area contributed by atoms with Crippen molar-refractivity contribution in [2.45, 2.75) is 39.7 Å². The van der Waals surface area contributed by atoms with Gasteiger partial charge in [0.25, 0.3) is 0 Å². The van der Waals surface area contributed by atoms with Gasteiger partial charge in [-0.15, -0.1) is 0 Å². The van der Waals surface area contributed by atoms with Gasteiger partial charge in [0.1, 0.15) is 5.75 Å². The number of ether oxygens (including phenoxy) is 1. The van der Waals surface area contributed by atoms with E-state index < -0.39 is 0 Å². The molecule has 3 heterocycles. The smallest absolute Gasteiger partial charge is 0.225 e. The number of nitrogens with zero attached hydrogens (tertiary/aromatic N) is 2. The first kappa shape index (κ1) is 19.7. The van der Waals surface area contributed by atoms with E-state index in [4.69, 9.17) is 4.74 Å². The fourth-order valence-corrected chi connectivity index (χ4v) is 5.35. The topological polar surface area (TPSA) is 53.0 Å². The van der Waals surface area contributed by atoms with E-state index in [0.717, 1.165) is 64.3 Å². The van der Waals surface area contributed by atoms with Gasteiger partial charge in [-0.25, -0.2) is 0 Å². The van der Waals surface area contributed by atoms with Crippen LogP contribution in [0.4, 0.5) is 0 Å². The molecular formula is C23H34N2O3. The third-order valence-corrected chi connectivity index (χ3v) is 6.91. The van der Waals surface area contributed by atoms with Crippen molar-refractivity contribution in [3.05, 3.63) is 29.3 Å². The van der Waals surface area contributed by atoms with Gasteiger partial charge in [-0.05, 0) is 47.8 Å². The van der Waals surface area contributed by atoms with Crippen LogP contribution in [0.25, 0.3) is 0 Å². The summed E-state index contributed by atoms with van der Waals surface area (Å²) < 4.78 is 5.62. The molecule has 0 unspecified atom stereocenters. The van der Waals surface area contributed by atoms with Crippen LogP contribution in [-0.4, -0.2) is 60.2 Å². The Morgan fingerprint density at radius 3 is 2.75 bits per heavy atom. The summed E-state index contributed by atoms with van der Waals surface area (Å²) in [6.07, 6.45) is 3.16. The first-order chi connectivity index (χ1) is 13.5. The molecule has 2 atom stereocenters. The van der Waals surface area contributed by atoms with E-state index in [2.05, 4.69) is 23.1 Å². The Morgan fingerprint density at radius 2 is 2.04 bits per heavy atom. The molecule has 1 N–H and O–H groups in total. The second kappa shape index (κ2) is 8.42. The van der Waals surface area contributed by atoms with Crippen LogP contribution >= 0.6 is 0 Å². The van der Waals surface area contributed by atoms with Crippen LogP contribution in [0.1, 0.15) is 37.8 Å². The largest absolute Gasteiger partial charge is 0.493 e. The molecule has 2 fully saturated rings. The van der Waals surface area contributed by atoms with Crippen LogP contribution in [0.5, 0.6) is 5.75 Å². The summed E-state index contributed by atoms with van der Waals surface area (Å²) >= 11 is 0. The lowest BCUT2D eigenvalue weighted by molar-refractivity contribution is -0.136. The summed E-state index contributed by atoms with van der Waals surface area (Å²) in [6, 6.07) is 6.58. The van der Waals surface area contributed by atoms with Gasteiger partial charge in [-0.2, -0.15) is 0 Å². The molecule has 1 aromatic carbocycles. The second-order valence-corrected chi connectivity index (χ2v) is 9.16. The zero-order valence-electron chi connectivity index (χ0n) is 17.3. The number of rotatable bonds is 5. The number of aliphatic hydroxyl groups is 1. The normalized spacial score (nSPS) is 25.9. The molecule has 2 saturated heterocycles. The Kier molecular flexibility index (Phi) is 5.93. The van der Waals surface area contributed by atoms with Gasteiger partial charge in [0.15, 0.2) is 0 Å². The number of fused-ring (bicyclic) bond motifs is 1. The number of piperidine rings is 1. The summed E-state index contributed by atoms with van der Waals surface area (Å²) in [4.78, 5) is 16.8. The first-order valence-corrected chi connectivity index (χ1v) is 10.9. The summed E-state index contributed by atoms with van der Waals surface area (Å²) in [7, 11) is 0. The highest BCUT2D eigenvalue weighted by Gasteiger charge is 2.39. The highest BCUT2D eigenvalue weighted by Crippen LogP contribution is 2.36. The third kappa shape index (κ3) is 4.06. The molecule has 3 aliphatic heterocycles. The lowest BCUT2D eigenvalue weighted by Crippen LogP contribution is -2.43. The number of carbonyl (C=O) groups excluding carboxylic acids is 1. The SMILES string of the molecule is CC(C)C(=O)N1CCC([C@@H]2CN(Cc3ccc4c(c3)CCO4)C[C@H]2CO)CC1. The van der Waals surface area contributed by atoms with Crippen LogP contribution in [0, 0.1) is 23.7 Å². The molecule has 4 rings (SSSR count). The monoisotopic (exact) mass is 386 g/mol. The summed E-state index contributed by atoms with van der Waals surface area (Å²) in [5, 5.41) is 9.98. The third-order valence-electron chi connectivity index (χ3n) is 6.91. The average Bonchev–Trinajstić information content (AvgIpc) is 3.33. The Morgan fingerprint density at radius 1 is 1.25 bits per heavy atom. The number of hydrogen-bond acceptors (Lipinski definition) is 4. The second-order valence-electron chi connectivity index (χ2n) is 9.16. The van der Waals surface area contributed by atoms with Crippen LogP contribution < -0.4 is 4.74 Å². The maximum absolute atomic E-state index is 12.3. The van der Waals surface area contributed by atoms with Gasteiger partial charge in [-0.3, -0.25) is 9.69 Å². The minimum Gasteiger partial charge on any atom is -0.493 e. The Hall–Kier alpha value is -1.59. The Balaban J connectivity index is 1.35. The molecule has 0 spiro atoms. The molecule has 0 saturated carbocycles. The van der Waals surface area contributed by atoms with E-state index in [-0.39, 0.29) is 18.4 Å². The maximum Gasteiger partial charge on any atom is 0.225 e. The van der Waals surface area contributed by atoms with Crippen molar-refractivity contribution in [1.82, 2.24) is 9.80 Å². The lowest BCUT2D eigenvalue weighted by Gasteiger charge is -2.37. The van der Waals surface area contributed by atoms with Crippen molar-refractivity contribution in [3.63, 3.8) is 0 Å². The van der Waals surface area contributed by atoms with E-state index in [1.165, 1.54) is 11.1 Å². The standard InChI is InChI=1S/C23H34N2O3/c1-16(2)23(27)25-8-5-18(6-9-25)21-14-24(13-20(21)15-26)12-17-3-4-22-19(11-17)7-10-28-22/h3-4,11,16,18,20-21,26H,5-10,12-15H2,1-2H3/t20-,21-/m0/s1. The maximum atomic E-state index is 12.3. The molecule has 5 nitrogen and oxygen atoms in total. The van der Waals surface area contributed by atoms with E-state index in [9.17, 15) is 9.90 Å². The quantitative estimate of drug-likeness (QED) is 0.845. The molecule has 5 heteroatoms. The molecule has 0 bridgehead atoms. The summed E-state index contributed by atoms with van der Waals surface area (Å²) in [5.41, 5.74) is 2.67. The van der Waals surface area contributed by atoms with Gasteiger partial charge in [0.2, 0.25) is 5.91 Å². The highest BCUT2D eigenvalue weighted by molar-refractivity contribution is 5.78. The van der Waals surface area contributed by atoms with Crippen LogP contribution in [0.2, 0.25) is 0 Å². The number of likely N-dealkylation sites (tertiary alicyclic amines) is 2. The first-order valence-electron chi connectivity index (χ1n) is 10.9. The molecule has 154 valence electrons. The van der Waals surface area contributed by atoms with E-state index >= 15 is 0 Å². The highest BCUT2D eigenvalue weighted by atomic mass is 16.5. The molecular weight excluding hydrogens is 352 g/mol. The fourth-order valence-electron chi connectivity index (χ4n) is 5.35.